The van der Waals surface area contributed by atoms with E-state index in [2.05, 4.69) is 15.5 Å². The van der Waals surface area contributed by atoms with Crippen LogP contribution in [0, 0.1) is 10.1 Å². The van der Waals surface area contributed by atoms with Gasteiger partial charge in [-0.2, -0.15) is 0 Å². The lowest BCUT2D eigenvalue weighted by molar-refractivity contribution is -0.384. The number of nitro groups is 1. The highest BCUT2D eigenvalue weighted by Crippen LogP contribution is 2.22. The van der Waals surface area contributed by atoms with E-state index in [-0.39, 0.29) is 11.7 Å². The Hall–Kier alpha value is -3.46. The van der Waals surface area contributed by atoms with E-state index in [0.29, 0.717) is 17.2 Å². The van der Waals surface area contributed by atoms with Gasteiger partial charge >= 0.3 is 6.01 Å². The molecule has 0 spiro atoms. The number of nitrogens with one attached hydrogen (secondary N) is 1. The zero-order valence-electron chi connectivity index (χ0n) is 13.9. The van der Waals surface area contributed by atoms with Crippen molar-refractivity contribution in [2.45, 2.75) is 10.6 Å². The molecule has 0 unspecified atom stereocenters. The first-order valence-corrected chi connectivity index (χ1v) is 8.82. The highest BCUT2D eigenvalue weighted by atomic mass is 32.2. The largest absolute Gasteiger partial charge is 0.407 e. The lowest BCUT2D eigenvalue weighted by Crippen LogP contribution is -2.07. The predicted molar refractivity (Wildman–Crippen MR) is 101 cm³/mol. The third-order valence-corrected chi connectivity index (χ3v) is 4.33. The Balaban J connectivity index is 1.52. The van der Waals surface area contributed by atoms with E-state index in [1.54, 1.807) is 23.9 Å². The number of hydrogen-bond acceptors (Lipinski definition) is 7. The maximum Gasteiger partial charge on any atom is 0.322 e. The summed E-state index contributed by atoms with van der Waals surface area (Å²) in [5.74, 6) is 0.448. The van der Waals surface area contributed by atoms with Crippen molar-refractivity contribution in [3.05, 3.63) is 82.2 Å². The van der Waals surface area contributed by atoms with E-state index in [9.17, 15) is 14.9 Å². The molecule has 3 aromatic rings. The minimum atomic E-state index is -0.483. The molecule has 3 rings (SSSR count). The third-order valence-electron chi connectivity index (χ3n) is 3.33. The molecule has 1 aromatic heterocycles. The molecule has 0 aliphatic heterocycles. The summed E-state index contributed by atoms with van der Waals surface area (Å²) < 4.78 is 5.39. The number of thioether (sulfide) groups is 1. The number of carbonyl (C=O) groups is 1. The van der Waals surface area contributed by atoms with Crippen LogP contribution in [0.3, 0.4) is 0 Å². The van der Waals surface area contributed by atoms with E-state index in [4.69, 9.17) is 4.42 Å². The molecule has 0 saturated carbocycles. The Morgan fingerprint density at radius 3 is 2.59 bits per heavy atom. The van der Waals surface area contributed by atoms with Gasteiger partial charge in [0.1, 0.15) is 0 Å². The monoisotopic (exact) mass is 382 g/mol. The number of rotatable bonds is 7. The van der Waals surface area contributed by atoms with Crippen molar-refractivity contribution in [2.75, 3.05) is 5.32 Å². The summed E-state index contributed by atoms with van der Waals surface area (Å²) in [5.41, 5.74) is 0.643. The fraction of sp³-hybridized carbons (Fsp3) is 0.0556. The molecule has 1 N–H and O–H groups in total. The van der Waals surface area contributed by atoms with Crippen molar-refractivity contribution < 1.29 is 14.1 Å². The number of non-ortho nitro benzene ring substituents is 1. The number of amides is 1. The normalized spacial score (nSPS) is 10.8. The number of nitrogens with zero attached hydrogens (tertiary/aromatic N) is 3. The minimum Gasteiger partial charge on any atom is -0.407 e. The molecular formula is C18H14N4O4S. The molecule has 2 aromatic carbocycles. The number of carbonyl (C=O) groups excluding carboxylic acids is 1. The molecule has 8 nitrogen and oxygen atoms in total. The molecule has 1 heterocycles. The molecule has 0 saturated heterocycles. The zero-order valence-corrected chi connectivity index (χ0v) is 14.8. The first kappa shape index (κ1) is 18.3. The van der Waals surface area contributed by atoms with Gasteiger partial charge in [-0.15, -0.1) is 16.9 Å². The van der Waals surface area contributed by atoms with Gasteiger partial charge in [0.05, 0.1) is 10.7 Å². The van der Waals surface area contributed by atoms with Crippen LogP contribution in [-0.2, 0) is 10.5 Å². The number of nitro benzene ring substituents is 1. The number of benzene rings is 2. The van der Waals surface area contributed by atoms with Gasteiger partial charge in [0, 0.05) is 23.1 Å². The fourth-order valence-electron chi connectivity index (χ4n) is 2.05. The Kier molecular flexibility index (Phi) is 5.95. The first-order chi connectivity index (χ1) is 13.1. The number of aromatic nitrogens is 2. The molecule has 136 valence electrons. The average molecular weight is 382 g/mol. The van der Waals surface area contributed by atoms with Gasteiger partial charge in [-0.1, -0.05) is 23.3 Å². The Labute approximate surface area is 158 Å². The summed E-state index contributed by atoms with van der Waals surface area (Å²) in [5, 5.41) is 20.8. The molecule has 27 heavy (non-hydrogen) atoms. The van der Waals surface area contributed by atoms with Crippen molar-refractivity contribution >= 4 is 35.4 Å². The Bertz CT molecular complexity index is 955. The second-order valence-corrected chi connectivity index (χ2v) is 6.32. The van der Waals surface area contributed by atoms with Crippen LogP contribution in [0.2, 0.25) is 0 Å². The van der Waals surface area contributed by atoms with Crippen molar-refractivity contribution in [3.8, 4) is 0 Å². The smallest absolute Gasteiger partial charge is 0.322 e. The van der Waals surface area contributed by atoms with Crippen molar-refractivity contribution in [1.29, 1.82) is 0 Å². The van der Waals surface area contributed by atoms with E-state index < -0.39 is 10.8 Å². The van der Waals surface area contributed by atoms with Gasteiger partial charge < -0.3 is 4.42 Å². The lowest BCUT2D eigenvalue weighted by atomic mass is 10.2. The topological polar surface area (TPSA) is 111 Å². The first-order valence-electron chi connectivity index (χ1n) is 7.84. The van der Waals surface area contributed by atoms with E-state index in [1.165, 1.54) is 24.3 Å². The van der Waals surface area contributed by atoms with Gasteiger partial charge in [0.2, 0.25) is 5.89 Å². The summed E-state index contributed by atoms with van der Waals surface area (Å²) in [6.07, 6.45) is 2.81. The second kappa shape index (κ2) is 8.77. The van der Waals surface area contributed by atoms with Crippen LogP contribution in [0.5, 0.6) is 0 Å². The molecular weight excluding hydrogens is 368 g/mol. The van der Waals surface area contributed by atoms with Crippen molar-refractivity contribution in [2.24, 2.45) is 0 Å². The van der Waals surface area contributed by atoms with Crippen molar-refractivity contribution in [3.63, 3.8) is 0 Å². The van der Waals surface area contributed by atoms with Crippen LogP contribution in [0.1, 0.15) is 11.5 Å². The second-order valence-electron chi connectivity index (χ2n) is 5.27. The van der Waals surface area contributed by atoms with E-state index >= 15 is 0 Å². The highest BCUT2D eigenvalue weighted by Gasteiger charge is 2.09. The SMILES string of the molecule is O=C(/C=C\c1ccc([N+](=O)[O-])cc1)Nc1nnc(CSc2ccccc2)o1. The lowest BCUT2D eigenvalue weighted by Gasteiger charge is -1.97. The van der Waals surface area contributed by atoms with Crippen LogP contribution in [-0.4, -0.2) is 21.0 Å². The summed E-state index contributed by atoms with van der Waals surface area (Å²) >= 11 is 1.55. The maximum atomic E-state index is 11.9. The number of anilines is 1. The van der Waals surface area contributed by atoms with E-state index in [0.717, 1.165) is 4.90 Å². The molecule has 9 heteroatoms. The van der Waals surface area contributed by atoms with Crippen LogP contribution < -0.4 is 5.32 Å². The molecule has 0 radical (unpaired) electrons. The standard InChI is InChI=1S/C18H14N4O4S/c23-16(11-8-13-6-9-14(10-7-13)22(24)25)19-18-21-20-17(26-18)12-27-15-4-2-1-3-5-15/h1-11H,12H2,(H,19,21,23)/b11-8-. The Morgan fingerprint density at radius 1 is 1.15 bits per heavy atom. The van der Waals surface area contributed by atoms with Crippen LogP contribution >= 0.6 is 11.8 Å². The molecule has 0 aliphatic carbocycles. The molecule has 1 amide bonds. The maximum absolute atomic E-state index is 11.9. The van der Waals surface area contributed by atoms with Gasteiger partial charge in [-0.05, 0) is 35.9 Å². The summed E-state index contributed by atoms with van der Waals surface area (Å²) in [4.78, 5) is 23.1. The highest BCUT2D eigenvalue weighted by molar-refractivity contribution is 7.98. The molecule has 0 bridgehead atoms. The molecule has 0 aliphatic rings. The third kappa shape index (κ3) is 5.51. The van der Waals surface area contributed by atoms with Gasteiger partial charge in [-0.3, -0.25) is 20.2 Å². The minimum absolute atomic E-state index is 0.0108. The zero-order chi connectivity index (χ0) is 19.1. The predicted octanol–water partition coefficient (Wildman–Crippen LogP) is 3.92. The van der Waals surface area contributed by atoms with E-state index in [1.807, 2.05) is 30.3 Å². The molecule has 0 atom stereocenters. The molecule has 0 fully saturated rings. The van der Waals surface area contributed by atoms with Gasteiger partial charge in [0.25, 0.3) is 11.6 Å². The average Bonchev–Trinajstić information content (AvgIpc) is 3.13. The summed E-state index contributed by atoms with van der Waals surface area (Å²) in [7, 11) is 0. The van der Waals surface area contributed by atoms with Crippen LogP contribution in [0.4, 0.5) is 11.7 Å². The van der Waals surface area contributed by atoms with Crippen LogP contribution in [0.25, 0.3) is 6.08 Å². The Morgan fingerprint density at radius 2 is 1.89 bits per heavy atom. The summed E-state index contributed by atoms with van der Waals surface area (Å²) in [6.45, 7) is 0. The number of hydrogen-bond donors (Lipinski definition) is 1. The summed E-state index contributed by atoms with van der Waals surface area (Å²) in [6, 6.07) is 15.6. The van der Waals surface area contributed by atoms with Gasteiger partial charge in [-0.25, -0.2) is 0 Å². The van der Waals surface area contributed by atoms with Crippen LogP contribution in [0.15, 0.2) is 70.0 Å². The van der Waals surface area contributed by atoms with Gasteiger partial charge in [0.15, 0.2) is 0 Å². The fourth-order valence-corrected chi connectivity index (χ4v) is 2.81. The van der Waals surface area contributed by atoms with Crippen molar-refractivity contribution in [1.82, 2.24) is 10.2 Å². The quantitative estimate of drug-likeness (QED) is 0.285.